The first kappa shape index (κ1) is 9.47. The fourth-order valence-electron chi connectivity index (χ4n) is 2.84. The topological polar surface area (TPSA) is 29.3 Å². The molecule has 0 aliphatic heterocycles. The van der Waals surface area contributed by atoms with Gasteiger partial charge < -0.3 is 10.6 Å². The SMILES string of the molecule is CN(CC1CC(N)C1)C1CCCC1. The molecule has 0 heterocycles. The van der Waals surface area contributed by atoms with Crippen LogP contribution in [0.5, 0.6) is 0 Å². The third kappa shape index (κ3) is 2.23. The highest BCUT2D eigenvalue weighted by molar-refractivity contribution is 4.85. The third-order valence-electron chi connectivity index (χ3n) is 3.77. The van der Waals surface area contributed by atoms with Crippen molar-refractivity contribution in [2.75, 3.05) is 13.6 Å². The van der Waals surface area contributed by atoms with Crippen LogP contribution < -0.4 is 5.73 Å². The molecule has 2 rings (SSSR count). The van der Waals surface area contributed by atoms with Crippen LogP contribution >= 0.6 is 0 Å². The minimum absolute atomic E-state index is 0.516. The van der Waals surface area contributed by atoms with Gasteiger partial charge in [0.05, 0.1) is 0 Å². The maximum absolute atomic E-state index is 5.78. The maximum Gasteiger partial charge on any atom is 0.00923 e. The second-order valence-corrected chi connectivity index (χ2v) is 4.98. The molecule has 0 radical (unpaired) electrons. The van der Waals surface area contributed by atoms with E-state index in [1.807, 2.05) is 0 Å². The molecule has 0 spiro atoms. The molecular formula is C11H22N2. The van der Waals surface area contributed by atoms with Gasteiger partial charge in [-0.15, -0.1) is 0 Å². The van der Waals surface area contributed by atoms with E-state index in [2.05, 4.69) is 11.9 Å². The summed E-state index contributed by atoms with van der Waals surface area (Å²) in [5.41, 5.74) is 5.78. The van der Waals surface area contributed by atoms with E-state index in [1.165, 1.54) is 45.1 Å². The highest BCUT2D eigenvalue weighted by Crippen LogP contribution is 2.29. The van der Waals surface area contributed by atoms with Crippen LogP contribution in [-0.4, -0.2) is 30.6 Å². The zero-order chi connectivity index (χ0) is 9.26. The molecule has 2 aliphatic carbocycles. The largest absolute Gasteiger partial charge is 0.328 e. The number of hydrogen-bond acceptors (Lipinski definition) is 2. The van der Waals surface area contributed by atoms with Crippen molar-refractivity contribution in [1.29, 1.82) is 0 Å². The van der Waals surface area contributed by atoms with Crippen molar-refractivity contribution >= 4 is 0 Å². The summed E-state index contributed by atoms with van der Waals surface area (Å²) in [7, 11) is 2.29. The molecule has 2 heteroatoms. The first-order valence-corrected chi connectivity index (χ1v) is 5.71. The number of nitrogens with zero attached hydrogens (tertiary/aromatic N) is 1. The number of rotatable bonds is 3. The molecule has 0 atom stereocenters. The Kier molecular flexibility index (Phi) is 2.89. The van der Waals surface area contributed by atoms with Gasteiger partial charge in [0, 0.05) is 18.6 Å². The summed E-state index contributed by atoms with van der Waals surface area (Å²) >= 11 is 0. The third-order valence-corrected chi connectivity index (χ3v) is 3.77. The molecule has 0 aromatic carbocycles. The lowest BCUT2D eigenvalue weighted by molar-refractivity contribution is 0.148. The quantitative estimate of drug-likeness (QED) is 0.718. The standard InChI is InChI=1S/C11H22N2/c1-13(11-4-2-3-5-11)8-9-6-10(12)7-9/h9-11H,2-8,12H2,1H3. The summed E-state index contributed by atoms with van der Waals surface area (Å²) in [5.74, 6) is 0.903. The van der Waals surface area contributed by atoms with Crippen LogP contribution in [0.1, 0.15) is 38.5 Å². The van der Waals surface area contributed by atoms with Gasteiger partial charge >= 0.3 is 0 Å². The predicted molar refractivity (Wildman–Crippen MR) is 55.6 cm³/mol. The Bertz CT molecular complexity index is 157. The molecule has 0 bridgehead atoms. The highest BCUT2D eigenvalue weighted by atomic mass is 15.1. The summed E-state index contributed by atoms with van der Waals surface area (Å²) in [6.45, 7) is 1.29. The molecule has 2 fully saturated rings. The zero-order valence-corrected chi connectivity index (χ0v) is 8.71. The van der Waals surface area contributed by atoms with E-state index < -0.39 is 0 Å². The summed E-state index contributed by atoms with van der Waals surface area (Å²) in [5, 5.41) is 0. The number of nitrogens with two attached hydrogens (primary N) is 1. The average molecular weight is 182 g/mol. The Morgan fingerprint density at radius 2 is 1.85 bits per heavy atom. The Labute approximate surface area is 81.5 Å². The van der Waals surface area contributed by atoms with Gasteiger partial charge in [0.25, 0.3) is 0 Å². The van der Waals surface area contributed by atoms with Crippen LogP contribution in [0.3, 0.4) is 0 Å². The monoisotopic (exact) mass is 182 g/mol. The second-order valence-electron chi connectivity index (χ2n) is 4.98. The molecule has 2 saturated carbocycles. The highest BCUT2D eigenvalue weighted by Gasteiger charge is 2.29. The van der Waals surface area contributed by atoms with Crippen molar-refractivity contribution in [3.05, 3.63) is 0 Å². The Morgan fingerprint density at radius 1 is 1.23 bits per heavy atom. The van der Waals surface area contributed by atoms with Gasteiger partial charge in [0.15, 0.2) is 0 Å². The lowest BCUT2D eigenvalue weighted by Crippen LogP contribution is -2.43. The predicted octanol–water partition coefficient (Wildman–Crippen LogP) is 1.60. The van der Waals surface area contributed by atoms with Crippen molar-refractivity contribution in [2.24, 2.45) is 11.7 Å². The van der Waals surface area contributed by atoms with Crippen LogP contribution in [0.4, 0.5) is 0 Å². The normalized spacial score (nSPS) is 35.3. The summed E-state index contributed by atoms with van der Waals surface area (Å²) < 4.78 is 0. The second kappa shape index (κ2) is 3.97. The molecule has 0 aromatic heterocycles. The molecule has 0 amide bonds. The van der Waals surface area contributed by atoms with Gasteiger partial charge in [-0.05, 0) is 38.6 Å². The van der Waals surface area contributed by atoms with Gasteiger partial charge in [-0.25, -0.2) is 0 Å². The van der Waals surface area contributed by atoms with Crippen LogP contribution in [0, 0.1) is 5.92 Å². The van der Waals surface area contributed by atoms with Gasteiger partial charge in [0.2, 0.25) is 0 Å². The Hall–Kier alpha value is -0.0800. The molecule has 0 unspecified atom stereocenters. The summed E-state index contributed by atoms with van der Waals surface area (Å²) in [4.78, 5) is 2.57. The maximum atomic E-state index is 5.78. The Morgan fingerprint density at radius 3 is 2.38 bits per heavy atom. The minimum Gasteiger partial charge on any atom is -0.328 e. The van der Waals surface area contributed by atoms with Gasteiger partial charge in [-0.3, -0.25) is 0 Å². The van der Waals surface area contributed by atoms with Gasteiger partial charge in [-0.1, -0.05) is 12.8 Å². The molecule has 0 saturated heterocycles. The van der Waals surface area contributed by atoms with Crippen molar-refractivity contribution in [3.8, 4) is 0 Å². The van der Waals surface area contributed by atoms with Gasteiger partial charge in [0.1, 0.15) is 0 Å². The lowest BCUT2D eigenvalue weighted by Gasteiger charge is -2.37. The average Bonchev–Trinajstić information content (AvgIpc) is 2.53. The van der Waals surface area contributed by atoms with Crippen molar-refractivity contribution in [3.63, 3.8) is 0 Å². The number of hydrogen-bond donors (Lipinski definition) is 1. The van der Waals surface area contributed by atoms with E-state index in [9.17, 15) is 0 Å². The molecule has 76 valence electrons. The fourth-order valence-corrected chi connectivity index (χ4v) is 2.84. The zero-order valence-electron chi connectivity index (χ0n) is 8.71. The van der Waals surface area contributed by atoms with E-state index in [0.29, 0.717) is 6.04 Å². The van der Waals surface area contributed by atoms with Crippen molar-refractivity contribution in [1.82, 2.24) is 4.90 Å². The van der Waals surface area contributed by atoms with Gasteiger partial charge in [-0.2, -0.15) is 0 Å². The molecule has 2 N–H and O–H groups in total. The van der Waals surface area contributed by atoms with Crippen LogP contribution in [0.25, 0.3) is 0 Å². The minimum atomic E-state index is 0.516. The van der Waals surface area contributed by atoms with E-state index in [4.69, 9.17) is 5.73 Å². The molecule has 2 aliphatic rings. The lowest BCUT2D eigenvalue weighted by atomic mass is 9.80. The molecular weight excluding hydrogens is 160 g/mol. The molecule has 0 aromatic rings. The molecule has 13 heavy (non-hydrogen) atoms. The van der Waals surface area contributed by atoms with E-state index in [0.717, 1.165) is 12.0 Å². The summed E-state index contributed by atoms with van der Waals surface area (Å²) in [6.07, 6.45) is 8.26. The van der Waals surface area contributed by atoms with Crippen molar-refractivity contribution < 1.29 is 0 Å². The fraction of sp³-hybridized carbons (Fsp3) is 1.00. The first-order valence-electron chi connectivity index (χ1n) is 5.71. The van der Waals surface area contributed by atoms with Crippen LogP contribution in [0.15, 0.2) is 0 Å². The van der Waals surface area contributed by atoms with E-state index in [1.54, 1.807) is 0 Å². The van der Waals surface area contributed by atoms with E-state index in [-0.39, 0.29) is 0 Å². The van der Waals surface area contributed by atoms with Crippen molar-refractivity contribution in [2.45, 2.75) is 50.6 Å². The first-order chi connectivity index (χ1) is 6.25. The Balaban J connectivity index is 1.68. The van der Waals surface area contributed by atoms with Crippen LogP contribution in [0.2, 0.25) is 0 Å². The smallest absolute Gasteiger partial charge is 0.00923 e. The van der Waals surface area contributed by atoms with E-state index >= 15 is 0 Å². The van der Waals surface area contributed by atoms with Crippen LogP contribution in [-0.2, 0) is 0 Å². The molecule has 2 nitrogen and oxygen atoms in total. The summed E-state index contributed by atoms with van der Waals surface area (Å²) in [6, 6.07) is 1.40.